The van der Waals surface area contributed by atoms with Crippen molar-refractivity contribution in [3.8, 4) is 11.8 Å². The van der Waals surface area contributed by atoms with Gasteiger partial charge in [0, 0.05) is 24.1 Å². The smallest absolute Gasteiger partial charge is 0.150 e. The van der Waals surface area contributed by atoms with Crippen LogP contribution in [0.4, 0.5) is 5.69 Å². The van der Waals surface area contributed by atoms with Crippen LogP contribution in [0.15, 0.2) is 40.9 Å². The minimum absolute atomic E-state index is 0.270. The number of methoxy groups -OCH3 is 1. The number of hydrogen-bond donors (Lipinski definition) is 1. The number of rotatable bonds is 3. The topological polar surface area (TPSA) is 90.8 Å². The number of hydrazine groups is 1. The molecule has 0 bridgehead atoms. The van der Waals surface area contributed by atoms with Gasteiger partial charge in [0.05, 0.1) is 25.8 Å². The molecule has 1 unspecified atom stereocenters. The maximum absolute atomic E-state index is 8.84. The average Bonchev–Trinajstić information content (AvgIpc) is 2.83. The normalized spacial score (nSPS) is 19.5. The number of aromatic nitrogens is 1. The second-order valence-corrected chi connectivity index (χ2v) is 5.07. The largest absolute Gasteiger partial charge is 0.494 e. The minimum Gasteiger partial charge on any atom is -0.494 e. The lowest BCUT2D eigenvalue weighted by molar-refractivity contribution is 0.388. The fraction of sp³-hybridized carbons (Fsp3) is 0.214. The number of nitrogens with zero attached hydrogens (tertiary/aromatic N) is 5. The summed E-state index contributed by atoms with van der Waals surface area (Å²) in [7, 11) is 1.55. The van der Waals surface area contributed by atoms with E-state index < -0.39 is 6.17 Å². The zero-order chi connectivity index (χ0) is 15.7. The highest BCUT2D eigenvalue weighted by molar-refractivity contribution is 6.29. The van der Waals surface area contributed by atoms with Gasteiger partial charge in [-0.25, -0.2) is 15.0 Å². The molecule has 2 aliphatic rings. The molecule has 112 valence electrons. The van der Waals surface area contributed by atoms with E-state index in [-0.39, 0.29) is 6.42 Å². The molecule has 2 aliphatic heterocycles. The zero-order valence-corrected chi connectivity index (χ0v) is 12.5. The first-order valence-corrected chi connectivity index (χ1v) is 6.89. The quantitative estimate of drug-likeness (QED) is 0.855. The summed E-state index contributed by atoms with van der Waals surface area (Å²) in [6, 6.07) is 3.72. The number of hydrogen-bond acceptors (Lipinski definition) is 7. The van der Waals surface area contributed by atoms with Crippen molar-refractivity contribution < 1.29 is 4.74 Å². The van der Waals surface area contributed by atoms with E-state index in [9.17, 15) is 0 Å². The first-order valence-electron chi connectivity index (χ1n) is 6.51. The predicted octanol–water partition coefficient (Wildman–Crippen LogP) is 1.79. The van der Waals surface area contributed by atoms with Crippen molar-refractivity contribution in [3.05, 3.63) is 41.1 Å². The number of halogens is 1. The molecule has 0 amide bonds. The third-order valence-corrected chi connectivity index (χ3v) is 3.49. The molecule has 1 aromatic rings. The molecule has 3 heterocycles. The summed E-state index contributed by atoms with van der Waals surface area (Å²) < 4.78 is 5.36. The molecule has 8 heteroatoms. The Labute approximate surface area is 132 Å². The molecule has 0 aliphatic carbocycles. The van der Waals surface area contributed by atoms with E-state index in [1.807, 2.05) is 12.3 Å². The maximum atomic E-state index is 8.84. The van der Waals surface area contributed by atoms with Crippen molar-refractivity contribution in [2.24, 2.45) is 10.7 Å². The summed E-state index contributed by atoms with van der Waals surface area (Å²) in [5.74, 6) is 1.24. The van der Waals surface area contributed by atoms with Crippen LogP contribution < -0.4 is 15.5 Å². The molecule has 0 radical (unpaired) electrons. The van der Waals surface area contributed by atoms with Gasteiger partial charge in [-0.15, -0.1) is 0 Å². The van der Waals surface area contributed by atoms with Crippen LogP contribution in [0.5, 0.6) is 5.75 Å². The van der Waals surface area contributed by atoms with Crippen LogP contribution in [0, 0.1) is 11.3 Å². The van der Waals surface area contributed by atoms with Gasteiger partial charge in [0.1, 0.15) is 22.8 Å². The van der Waals surface area contributed by atoms with E-state index in [1.54, 1.807) is 35.6 Å². The predicted molar refractivity (Wildman–Crippen MR) is 83.0 cm³/mol. The second kappa shape index (κ2) is 5.67. The number of nitriles is 1. The summed E-state index contributed by atoms with van der Waals surface area (Å²) in [5.41, 5.74) is 7.63. The Morgan fingerprint density at radius 2 is 2.36 bits per heavy atom. The van der Waals surface area contributed by atoms with E-state index in [2.05, 4.69) is 16.0 Å². The summed E-state index contributed by atoms with van der Waals surface area (Å²) in [6.45, 7) is 0. The van der Waals surface area contributed by atoms with Gasteiger partial charge in [0.25, 0.3) is 0 Å². The molecule has 0 fully saturated rings. The van der Waals surface area contributed by atoms with Crippen molar-refractivity contribution in [2.75, 3.05) is 12.1 Å². The fourth-order valence-electron chi connectivity index (χ4n) is 2.32. The summed E-state index contributed by atoms with van der Waals surface area (Å²) >= 11 is 5.90. The molecule has 0 spiro atoms. The first kappa shape index (κ1) is 14.4. The SMILES string of the molecule is COc1cc(Cl)ncc1N1C(N)C=C2N=CC(CC#N)=CN21. The molecule has 7 nitrogen and oxygen atoms in total. The highest BCUT2D eigenvalue weighted by Crippen LogP contribution is 2.36. The zero-order valence-electron chi connectivity index (χ0n) is 11.8. The third kappa shape index (κ3) is 2.39. The average molecular weight is 317 g/mol. The van der Waals surface area contributed by atoms with E-state index in [4.69, 9.17) is 27.3 Å². The summed E-state index contributed by atoms with van der Waals surface area (Å²) in [5, 5.41) is 12.7. The van der Waals surface area contributed by atoms with Gasteiger partial charge in [-0.2, -0.15) is 5.26 Å². The van der Waals surface area contributed by atoms with Crippen molar-refractivity contribution in [2.45, 2.75) is 12.6 Å². The van der Waals surface area contributed by atoms with E-state index in [0.717, 1.165) is 5.57 Å². The number of pyridine rings is 1. The Balaban J connectivity index is 2.01. The molecule has 0 saturated heterocycles. The van der Waals surface area contributed by atoms with Crippen LogP contribution in [0.25, 0.3) is 0 Å². The Morgan fingerprint density at radius 1 is 1.55 bits per heavy atom. The van der Waals surface area contributed by atoms with Crippen molar-refractivity contribution in [3.63, 3.8) is 0 Å². The number of ether oxygens (including phenoxy) is 1. The monoisotopic (exact) mass is 316 g/mol. The number of allylic oxidation sites excluding steroid dienone is 1. The summed E-state index contributed by atoms with van der Waals surface area (Å²) in [6.07, 6.45) is 6.73. The molecule has 2 N–H and O–H groups in total. The fourth-order valence-corrected chi connectivity index (χ4v) is 2.47. The first-order chi connectivity index (χ1) is 10.6. The number of nitrogens with two attached hydrogens (primary N) is 1. The lowest BCUT2D eigenvalue weighted by atomic mass is 10.2. The van der Waals surface area contributed by atoms with Gasteiger partial charge in [-0.05, 0) is 6.08 Å². The van der Waals surface area contributed by atoms with E-state index in [0.29, 0.717) is 22.4 Å². The lowest BCUT2D eigenvalue weighted by Crippen LogP contribution is -2.45. The number of fused-ring (bicyclic) bond motifs is 1. The molecule has 3 rings (SSSR count). The van der Waals surface area contributed by atoms with Gasteiger partial charge >= 0.3 is 0 Å². The highest BCUT2D eigenvalue weighted by Gasteiger charge is 2.33. The van der Waals surface area contributed by atoms with Gasteiger partial charge < -0.3 is 10.5 Å². The van der Waals surface area contributed by atoms with E-state index >= 15 is 0 Å². The van der Waals surface area contributed by atoms with Crippen LogP contribution in [-0.4, -0.2) is 29.5 Å². The third-order valence-electron chi connectivity index (χ3n) is 3.28. The number of aliphatic imine (C=N–C) groups is 1. The standard InChI is InChI=1S/C14H13ClN6O/c1-22-11-4-12(15)18-7-10(11)21-13(17)5-14-19-6-9(2-3-16)8-20(14)21/h4-8,13H,2,17H2,1H3. The molecule has 0 aromatic carbocycles. The van der Waals surface area contributed by atoms with Crippen molar-refractivity contribution >= 4 is 23.5 Å². The van der Waals surface area contributed by atoms with Crippen LogP contribution in [0.1, 0.15) is 6.42 Å². The highest BCUT2D eigenvalue weighted by atomic mass is 35.5. The van der Waals surface area contributed by atoms with Gasteiger partial charge in [0.2, 0.25) is 0 Å². The Bertz CT molecular complexity index is 735. The lowest BCUT2D eigenvalue weighted by Gasteiger charge is -2.34. The number of anilines is 1. The molecule has 1 aromatic heterocycles. The second-order valence-electron chi connectivity index (χ2n) is 4.68. The van der Waals surface area contributed by atoms with Gasteiger partial charge in [-0.3, -0.25) is 5.01 Å². The van der Waals surface area contributed by atoms with Crippen molar-refractivity contribution in [1.29, 1.82) is 5.26 Å². The molecular weight excluding hydrogens is 304 g/mol. The Kier molecular flexibility index (Phi) is 3.71. The van der Waals surface area contributed by atoms with Gasteiger partial charge in [0.15, 0.2) is 5.82 Å². The van der Waals surface area contributed by atoms with Gasteiger partial charge in [-0.1, -0.05) is 11.6 Å². The van der Waals surface area contributed by atoms with Crippen LogP contribution >= 0.6 is 11.6 Å². The van der Waals surface area contributed by atoms with Crippen LogP contribution in [0.3, 0.4) is 0 Å². The van der Waals surface area contributed by atoms with Crippen molar-refractivity contribution in [1.82, 2.24) is 9.99 Å². The Hall–Kier alpha value is -2.56. The molecular formula is C14H13ClN6O. The van der Waals surface area contributed by atoms with E-state index in [1.165, 1.54) is 0 Å². The maximum Gasteiger partial charge on any atom is 0.150 e. The Morgan fingerprint density at radius 3 is 3.09 bits per heavy atom. The molecule has 22 heavy (non-hydrogen) atoms. The minimum atomic E-state index is -0.429. The molecule has 1 atom stereocenters. The van der Waals surface area contributed by atoms with Crippen LogP contribution in [0.2, 0.25) is 5.15 Å². The van der Waals surface area contributed by atoms with Crippen LogP contribution in [-0.2, 0) is 0 Å². The summed E-state index contributed by atoms with van der Waals surface area (Å²) in [4.78, 5) is 8.41. The molecule has 0 saturated carbocycles.